The summed E-state index contributed by atoms with van der Waals surface area (Å²) in [5.74, 6) is -0.376. The molecule has 0 spiro atoms. The third-order valence-corrected chi connectivity index (χ3v) is 5.55. The van der Waals surface area contributed by atoms with Gasteiger partial charge >= 0.3 is 6.03 Å². The number of hydrogen-bond donors (Lipinski definition) is 1. The van der Waals surface area contributed by atoms with Gasteiger partial charge in [0.25, 0.3) is 11.5 Å². The first-order chi connectivity index (χ1) is 14.5. The lowest BCUT2D eigenvalue weighted by atomic mass is 9.88. The first-order valence-corrected chi connectivity index (χ1v) is 9.57. The van der Waals surface area contributed by atoms with Crippen molar-refractivity contribution in [3.63, 3.8) is 0 Å². The molecule has 3 heterocycles. The van der Waals surface area contributed by atoms with Crippen molar-refractivity contribution in [3.05, 3.63) is 94.5 Å². The smallest absolute Gasteiger partial charge is 0.319 e. The molecule has 0 aliphatic carbocycles. The molecule has 5 rings (SSSR count). The summed E-state index contributed by atoms with van der Waals surface area (Å²) in [5.41, 5.74) is 0.0808. The molecule has 0 bridgehead atoms. The molecule has 3 amide bonds. The number of nitrogens with one attached hydrogen (secondary N) is 1. The number of rotatable bonds is 3. The number of fused-ring (bicyclic) bond motifs is 2. The van der Waals surface area contributed by atoms with Gasteiger partial charge in [-0.3, -0.25) is 18.9 Å². The van der Waals surface area contributed by atoms with Crippen LogP contribution in [0, 0.1) is 0 Å². The van der Waals surface area contributed by atoms with E-state index >= 15 is 0 Å². The standard InChI is InChI=1S/C23H18N4O3/c1-23(18-10-6-8-15-7-2-3-9-17(15)18)21(29)27(22(30)25-23)14-16-13-20(28)26-12-5-4-11-19(26)24-16/h2-13H,14H2,1H3,(H,25,30). The fourth-order valence-corrected chi connectivity index (χ4v) is 4.03. The molecule has 0 saturated carbocycles. The average molecular weight is 398 g/mol. The third-order valence-electron chi connectivity index (χ3n) is 5.55. The zero-order chi connectivity index (χ0) is 20.9. The Bertz CT molecular complexity index is 1390. The Labute approximate surface area is 171 Å². The minimum absolute atomic E-state index is 0.0777. The van der Waals surface area contributed by atoms with E-state index in [4.69, 9.17) is 0 Å². The summed E-state index contributed by atoms with van der Waals surface area (Å²) >= 11 is 0. The van der Waals surface area contributed by atoms with E-state index in [1.807, 2.05) is 42.5 Å². The zero-order valence-electron chi connectivity index (χ0n) is 16.2. The number of aromatic nitrogens is 2. The van der Waals surface area contributed by atoms with E-state index in [9.17, 15) is 14.4 Å². The molecule has 148 valence electrons. The van der Waals surface area contributed by atoms with Crippen LogP contribution in [-0.2, 0) is 16.9 Å². The Hall–Kier alpha value is -4.00. The van der Waals surface area contributed by atoms with Gasteiger partial charge in [-0.1, -0.05) is 48.5 Å². The van der Waals surface area contributed by atoms with Crippen molar-refractivity contribution < 1.29 is 9.59 Å². The second kappa shape index (κ2) is 6.52. The largest absolute Gasteiger partial charge is 0.325 e. The van der Waals surface area contributed by atoms with Crippen LogP contribution in [0.5, 0.6) is 0 Å². The van der Waals surface area contributed by atoms with Crippen LogP contribution >= 0.6 is 0 Å². The summed E-state index contributed by atoms with van der Waals surface area (Å²) in [6.45, 7) is 1.63. The van der Waals surface area contributed by atoms with Crippen molar-refractivity contribution in [3.8, 4) is 0 Å². The zero-order valence-corrected chi connectivity index (χ0v) is 16.2. The Kier molecular flexibility index (Phi) is 3.92. The monoisotopic (exact) mass is 398 g/mol. The predicted octanol–water partition coefficient (Wildman–Crippen LogP) is 2.81. The lowest BCUT2D eigenvalue weighted by Gasteiger charge is -2.24. The van der Waals surface area contributed by atoms with Crippen LogP contribution in [0.15, 0.2) is 77.7 Å². The van der Waals surface area contributed by atoms with E-state index in [1.165, 1.54) is 10.5 Å². The van der Waals surface area contributed by atoms with Crippen LogP contribution in [0.3, 0.4) is 0 Å². The summed E-state index contributed by atoms with van der Waals surface area (Å²) in [6.07, 6.45) is 1.62. The van der Waals surface area contributed by atoms with Crippen molar-refractivity contribution >= 4 is 28.4 Å². The van der Waals surface area contributed by atoms with E-state index in [1.54, 1.807) is 31.3 Å². The van der Waals surface area contributed by atoms with E-state index in [-0.39, 0.29) is 18.0 Å². The Morgan fingerprint density at radius 3 is 2.60 bits per heavy atom. The number of hydrogen-bond acceptors (Lipinski definition) is 4. The molecule has 1 atom stereocenters. The molecule has 2 aromatic heterocycles. The van der Waals surface area contributed by atoms with Crippen molar-refractivity contribution in [2.45, 2.75) is 19.0 Å². The van der Waals surface area contributed by atoms with Gasteiger partial charge in [0.05, 0.1) is 12.2 Å². The van der Waals surface area contributed by atoms with Gasteiger partial charge in [0.2, 0.25) is 0 Å². The van der Waals surface area contributed by atoms with Crippen LogP contribution in [0.4, 0.5) is 4.79 Å². The van der Waals surface area contributed by atoms with Crippen LogP contribution in [0.25, 0.3) is 16.4 Å². The molecule has 1 aliphatic heterocycles. The molecular formula is C23H18N4O3. The number of amides is 3. The fourth-order valence-electron chi connectivity index (χ4n) is 4.03. The van der Waals surface area contributed by atoms with Crippen molar-refractivity contribution in [2.24, 2.45) is 0 Å². The minimum Gasteiger partial charge on any atom is -0.319 e. The molecule has 2 aromatic carbocycles. The number of pyridine rings is 1. The molecule has 4 aromatic rings. The molecule has 0 radical (unpaired) electrons. The average Bonchev–Trinajstić information content (AvgIpc) is 2.97. The molecule has 1 unspecified atom stereocenters. The molecule has 1 N–H and O–H groups in total. The minimum atomic E-state index is -1.20. The van der Waals surface area contributed by atoms with Gasteiger partial charge < -0.3 is 5.32 Å². The second-order valence-corrected chi connectivity index (χ2v) is 7.49. The molecule has 1 aliphatic rings. The maximum atomic E-state index is 13.4. The highest BCUT2D eigenvalue weighted by molar-refractivity contribution is 6.09. The lowest BCUT2D eigenvalue weighted by molar-refractivity contribution is -0.131. The van der Waals surface area contributed by atoms with Gasteiger partial charge in [0.15, 0.2) is 0 Å². The van der Waals surface area contributed by atoms with Crippen molar-refractivity contribution in [1.82, 2.24) is 19.6 Å². The molecular weight excluding hydrogens is 380 g/mol. The Morgan fingerprint density at radius 1 is 0.967 bits per heavy atom. The van der Waals surface area contributed by atoms with E-state index in [2.05, 4.69) is 10.3 Å². The molecule has 7 nitrogen and oxygen atoms in total. The topological polar surface area (TPSA) is 83.8 Å². The van der Waals surface area contributed by atoms with E-state index in [0.717, 1.165) is 21.2 Å². The summed E-state index contributed by atoms with van der Waals surface area (Å²) in [4.78, 5) is 44.0. The summed E-state index contributed by atoms with van der Waals surface area (Å²) < 4.78 is 1.41. The number of nitrogens with zero attached hydrogens (tertiary/aromatic N) is 3. The highest BCUT2D eigenvalue weighted by atomic mass is 16.2. The first-order valence-electron chi connectivity index (χ1n) is 9.57. The SMILES string of the molecule is CC1(c2cccc3ccccc23)NC(=O)N(Cc2cc(=O)n3ccccc3n2)C1=O. The predicted molar refractivity (Wildman–Crippen MR) is 112 cm³/mol. The van der Waals surface area contributed by atoms with Gasteiger partial charge in [-0.2, -0.15) is 0 Å². The maximum Gasteiger partial charge on any atom is 0.325 e. The van der Waals surface area contributed by atoms with Gasteiger partial charge in [-0.25, -0.2) is 9.78 Å². The lowest BCUT2D eigenvalue weighted by Crippen LogP contribution is -2.41. The molecule has 30 heavy (non-hydrogen) atoms. The van der Waals surface area contributed by atoms with Gasteiger partial charge in [0, 0.05) is 12.3 Å². The van der Waals surface area contributed by atoms with Crippen LogP contribution in [-0.4, -0.2) is 26.2 Å². The summed E-state index contributed by atoms with van der Waals surface area (Å²) in [5, 5.41) is 4.73. The van der Waals surface area contributed by atoms with Crippen molar-refractivity contribution in [2.75, 3.05) is 0 Å². The fraction of sp³-hybridized carbons (Fsp3) is 0.130. The highest BCUT2D eigenvalue weighted by Gasteiger charge is 2.49. The summed E-state index contributed by atoms with van der Waals surface area (Å²) in [7, 11) is 0. The third kappa shape index (κ3) is 2.67. The number of urea groups is 1. The normalized spacial score (nSPS) is 18.9. The number of carbonyl (C=O) groups excluding carboxylic acids is 2. The van der Waals surface area contributed by atoms with Crippen molar-refractivity contribution in [1.29, 1.82) is 0 Å². The molecule has 1 saturated heterocycles. The second-order valence-electron chi connectivity index (χ2n) is 7.49. The van der Waals surface area contributed by atoms with E-state index < -0.39 is 11.6 Å². The van der Waals surface area contributed by atoms with Crippen LogP contribution < -0.4 is 10.9 Å². The molecule has 7 heteroatoms. The van der Waals surface area contributed by atoms with Gasteiger partial charge in [0.1, 0.15) is 11.2 Å². The highest BCUT2D eigenvalue weighted by Crippen LogP contribution is 2.34. The van der Waals surface area contributed by atoms with E-state index in [0.29, 0.717) is 11.3 Å². The number of carbonyl (C=O) groups is 2. The number of benzene rings is 2. The quantitative estimate of drug-likeness (QED) is 0.538. The Morgan fingerprint density at radius 2 is 1.73 bits per heavy atom. The first kappa shape index (κ1) is 18.1. The molecule has 1 fully saturated rings. The maximum absolute atomic E-state index is 13.4. The summed E-state index contributed by atoms with van der Waals surface area (Å²) in [6, 6.07) is 19.5. The van der Waals surface area contributed by atoms with Gasteiger partial charge in [-0.05, 0) is 35.4 Å². The number of imide groups is 1. The van der Waals surface area contributed by atoms with Crippen LogP contribution in [0.2, 0.25) is 0 Å². The van der Waals surface area contributed by atoms with Gasteiger partial charge in [-0.15, -0.1) is 0 Å². The van der Waals surface area contributed by atoms with Crippen LogP contribution in [0.1, 0.15) is 18.2 Å². The Balaban J connectivity index is 1.54.